The molecule has 0 aliphatic carbocycles. The van der Waals surface area contributed by atoms with Gasteiger partial charge in [-0.15, -0.1) is 0 Å². The molecule has 0 bridgehead atoms. The van der Waals surface area contributed by atoms with Crippen LogP contribution in [0, 0.1) is 0 Å². The van der Waals surface area contributed by atoms with Crippen molar-refractivity contribution in [2.75, 3.05) is 33.9 Å². The monoisotopic (exact) mass is 280 g/mol. The molecule has 1 heterocycles. The van der Waals surface area contributed by atoms with Crippen LogP contribution in [0.2, 0.25) is 0 Å². The van der Waals surface area contributed by atoms with Crippen LogP contribution in [0.5, 0.6) is 0 Å². The summed E-state index contributed by atoms with van der Waals surface area (Å²) in [6.45, 7) is 1.10. The summed E-state index contributed by atoms with van der Waals surface area (Å²) in [7, 11) is -0.659. The van der Waals surface area contributed by atoms with Crippen LogP contribution in [-0.2, 0) is 19.7 Å². The van der Waals surface area contributed by atoms with Crippen LogP contribution in [0.4, 0.5) is 0 Å². The third kappa shape index (κ3) is 3.91. The molecule has 0 spiro atoms. The van der Waals surface area contributed by atoms with E-state index in [0.29, 0.717) is 26.1 Å². The number of rotatable bonds is 6. The van der Waals surface area contributed by atoms with Crippen LogP contribution in [0.3, 0.4) is 0 Å². The molecule has 1 aliphatic rings. The predicted octanol–water partition coefficient (Wildman–Crippen LogP) is -0.251. The molecule has 1 fully saturated rings. The standard InChI is InChI=1S/C10H20N2O5S/c1-11(6-3-10(13)14)18(15,16)12(2)9-4-7-17-8-5-9/h9H,3-8H2,1-2H3,(H,13,14). The van der Waals surface area contributed by atoms with Gasteiger partial charge in [0.15, 0.2) is 0 Å². The van der Waals surface area contributed by atoms with Crippen molar-refractivity contribution in [3.05, 3.63) is 0 Å². The second kappa shape index (κ2) is 6.46. The lowest BCUT2D eigenvalue weighted by Crippen LogP contribution is -2.47. The molecular formula is C10H20N2O5S. The lowest BCUT2D eigenvalue weighted by atomic mass is 10.1. The van der Waals surface area contributed by atoms with Crippen LogP contribution in [-0.4, -0.2) is 68.0 Å². The van der Waals surface area contributed by atoms with E-state index >= 15 is 0 Å². The van der Waals surface area contributed by atoms with Crippen LogP contribution < -0.4 is 0 Å². The Balaban J connectivity index is 2.62. The third-order valence-corrected chi connectivity index (χ3v) is 5.10. The van der Waals surface area contributed by atoms with E-state index in [1.54, 1.807) is 0 Å². The smallest absolute Gasteiger partial charge is 0.304 e. The number of carboxylic acid groups (broad SMARTS) is 1. The summed E-state index contributed by atoms with van der Waals surface area (Å²) >= 11 is 0. The second-order valence-corrected chi connectivity index (χ2v) is 6.43. The molecule has 0 atom stereocenters. The van der Waals surface area contributed by atoms with Gasteiger partial charge in [-0.2, -0.15) is 17.0 Å². The zero-order valence-corrected chi connectivity index (χ0v) is 11.5. The Morgan fingerprint density at radius 3 is 2.39 bits per heavy atom. The zero-order chi connectivity index (χ0) is 13.8. The van der Waals surface area contributed by atoms with Gasteiger partial charge in [0.05, 0.1) is 6.42 Å². The number of hydrogen-bond donors (Lipinski definition) is 1. The largest absolute Gasteiger partial charge is 0.481 e. The molecular weight excluding hydrogens is 260 g/mol. The highest BCUT2D eigenvalue weighted by Gasteiger charge is 2.31. The average molecular weight is 280 g/mol. The van der Waals surface area contributed by atoms with Gasteiger partial charge in [-0.3, -0.25) is 4.79 Å². The Bertz CT molecular complexity index is 378. The summed E-state index contributed by atoms with van der Waals surface area (Å²) in [4.78, 5) is 10.5. The van der Waals surface area contributed by atoms with Crippen molar-refractivity contribution in [3.8, 4) is 0 Å². The van der Waals surface area contributed by atoms with Crippen LogP contribution in [0.25, 0.3) is 0 Å². The second-order valence-electron chi connectivity index (χ2n) is 4.33. The third-order valence-electron chi connectivity index (χ3n) is 3.10. The minimum absolute atomic E-state index is 0.0226. The highest BCUT2D eigenvalue weighted by atomic mass is 32.2. The summed E-state index contributed by atoms with van der Waals surface area (Å²) in [5.74, 6) is -1.01. The molecule has 0 amide bonds. The molecule has 1 aliphatic heterocycles. The van der Waals surface area contributed by atoms with E-state index in [1.165, 1.54) is 18.4 Å². The molecule has 18 heavy (non-hydrogen) atoms. The van der Waals surface area contributed by atoms with Gasteiger partial charge in [-0.1, -0.05) is 0 Å². The van der Waals surface area contributed by atoms with E-state index < -0.39 is 16.2 Å². The minimum Gasteiger partial charge on any atom is -0.481 e. The van der Waals surface area contributed by atoms with E-state index in [-0.39, 0.29) is 19.0 Å². The van der Waals surface area contributed by atoms with E-state index in [2.05, 4.69) is 0 Å². The van der Waals surface area contributed by atoms with Gasteiger partial charge in [0.25, 0.3) is 10.2 Å². The van der Waals surface area contributed by atoms with E-state index in [1.807, 2.05) is 0 Å². The van der Waals surface area contributed by atoms with Crippen molar-refractivity contribution in [2.45, 2.75) is 25.3 Å². The molecule has 106 valence electrons. The van der Waals surface area contributed by atoms with Gasteiger partial charge in [0.1, 0.15) is 0 Å². The van der Waals surface area contributed by atoms with Crippen molar-refractivity contribution >= 4 is 16.2 Å². The molecule has 0 aromatic heterocycles. The Morgan fingerprint density at radius 2 is 1.89 bits per heavy atom. The molecule has 1 N–H and O–H groups in total. The number of nitrogens with zero attached hydrogens (tertiary/aromatic N) is 2. The number of carbonyl (C=O) groups is 1. The van der Waals surface area contributed by atoms with Gasteiger partial charge in [0, 0.05) is 39.9 Å². The summed E-state index contributed by atoms with van der Waals surface area (Å²) < 4.78 is 31.9. The number of ether oxygens (including phenoxy) is 1. The average Bonchev–Trinajstić information content (AvgIpc) is 2.35. The zero-order valence-electron chi connectivity index (χ0n) is 10.7. The van der Waals surface area contributed by atoms with Gasteiger partial charge in [0.2, 0.25) is 0 Å². The first-order valence-electron chi connectivity index (χ1n) is 5.84. The predicted molar refractivity (Wildman–Crippen MR) is 65.4 cm³/mol. The number of aliphatic carboxylic acids is 1. The summed E-state index contributed by atoms with van der Waals surface area (Å²) in [6.07, 6.45) is 1.14. The first-order valence-corrected chi connectivity index (χ1v) is 7.24. The molecule has 0 aromatic rings. The van der Waals surface area contributed by atoms with Crippen LogP contribution >= 0.6 is 0 Å². The summed E-state index contributed by atoms with van der Waals surface area (Å²) in [6, 6.07) is -0.0731. The van der Waals surface area contributed by atoms with E-state index in [0.717, 1.165) is 4.31 Å². The fourth-order valence-electron chi connectivity index (χ4n) is 1.83. The van der Waals surface area contributed by atoms with Crippen molar-refractivity contribution in [3.63, 3.8) is 0 Å². The first kappa shape index (κ1) is 15.4. The van der Waals surface area contributed by atoms with Gasteiger partial charge in [-0.05, 0) is 12.8 Å². The lowest BCUT2D eigenvalue weighted by molar-refractivity contribution is -0.137. The van der Waals surface area contributed by atoms with Crippen molar-refractivity contribution in [2.24, 2.45) is 0 Å². The fraction of sp³-hybridized carbons (Fsp3) is 0.900. The normalized spacial score (nSPS) is 18.4. The molecule has 1 saturated heterocycles. The summed E-state index contributed by atoms with van der Waals surface area (Å²) in [5, 5.41) is 8.56. The van der Waals surface area contributed by atoms with Crippen LogP contribution in [0.15, 0.2) is 0 Å². The summed E-state index contributed by atoms with van der Waals surface area (Å²) in [5.41, 5.74) is 0. The molecule has 0 unspecified atom stereocenters. The molecule has 0 aromatic carbocycles. The molecule has 1 rings (SSSR count). The fourth-order valence-corrected chi connectivity index (χ4v) is 3.17. The SMILES string of the molecule is CN(CCC(=O)O)S(=O)(=O)N(C)C1CCOCC1. The molecule has 0 radical (unpaired) electrons. The Hall–Kier alpha value is -0.700. The van der Waals surface area contributed by atoms with Crippen LogP contribution in [0.1, 0.15) is 19.3 Å². The molecule has 7 nitrogen and oxygen atoms in total. The minimum atomic E-state index is -3.59. The maximum Gasteiger partial charge on any atom is 0.304 e. The maximum absolute atomic E-state index is 12.2. The Morgan fingerprint density at radius 1 is 1.33 bits per heavy atom. The number of carboxylic acids is 1. The Kier molecular flexibility index (Phi) is 5.51. The Labute approximate surface area is 108 Å². The van der Waals surface area contributed by atoms with Gasteiger partial charge >= 0.3 is 5.97 Å². The lowest BCUT2D eigenvalue weighted by Gasteiger charge is -2.33. The molecule has 8 heteroatoms. The van der Waals surface area contributed by atoms with Crippen molar-refractivity contribution in [1.82, 2.24) is 8.61 Å². The van der Waals surface area contributed by atoms with Gasteiger partial charge < -0.3 is 9.84 Å². The highest BCUT2D eigenvalue weighted by Crippen LogP contribution is 2.17. The van der Waals surface area contributed by atoms with E-state index in [9.17, 15) is 13.2 Å². The molecule has 0 saturated carbocycles. The number of hydrogen-bond acceptors (Lipinski definition) is 4. The van der Waals surface area contributed by atoms with Gasteiger partial charge in [-0.25, -0.2) is 0 Å². The van der Waals surface area contributed by atoms with Crippen molar-refractivity contribution < 1.29 is 23.1 Å². The topological polar surface area (TPSA) is 87.2 Å². The maximum atomic E-state index is 12.2. The first-order chi connectivity index (χ1) is 8.35. The quantitative estimate of drug-likeness (QED) is 0.725. The van der Waals surface area contributed by atoms with Crippen molar-refractivity contribution in [1.29, 1.82) is 0 Å². The highest BCUT2D eigenvalue weighted by molar-refractivity contribution is 7.86. The van der Waals surface area contributed by atoms with E-state index in [4.69, 9.17) is 9.84 Å².